The first-order chi connectivity index (χ1) is 8.31. The minimum atomic E-state index is -0.108. The van der Waals surface area contributed by atoms with Crippen LogP contribution in [0.5, 0.6) is 0 Å². The van der Waals surface area contributed by atoms with E-state index in [-0.39, 0.29) is 12.1 Å². The number of nitrogens with zero attached hydrogens (tertiary/aromatic N) is 1. The summed E-state index contributed by atoms with van der Waals surface area (Å²) in [4.78, 5) is 4.28. The SMILES string of the molecule is CCCNC(C)c1ncc(C2COCCO2)o1. The molecule has 1 N–H and O–H groups in total. The topological polar surface area (TPSA) is 56.5 Å². The van der Waals surface area contributed by atoms with Crippen LogP contribution in [-0.4, -0.2) is 31.3 Å². The molecule has 1 aromatic rings. The van der Waals surface area contributed by atoms with Crippen LogP contribution in [0.25, 0.3) is 0 Å². The molecule has 1 aromatic heterocycles. The van der Waals surface area contributed by atoms with E-state index in [9.17, 15) is 0 Å². The minimum absolute atomic E-state index is 0.108. The van der Waals surface area contributed by atoms with Crippen molar-refractivity contribution in [3.63, 3.8) is 0 Å². The Balaban J connectivity index is 1.94. The second-order valence-electron chi connectivity index (χ2n) is 4.21. The maximum atomic E-state index is 5.70. The third-order valence-corrected chi connectivity index (χ3v) is 2.75. The zero-order valence-corrected chi connectivity index (χ0v) is 10.4. The molecule has 0 spiro atoms. The average Bonchev–Trinajstić information content (AvgIpc) is 2.86. The van der Waals surface area contributed by atoms with E-state index in [0.717, 1.165) is 18.7 Å². The van der Waals surface area contributed by atoms with E-state index in [1.165, 1.54) is 0 Å². The van der Waals surface area contributed by atoms with Gasteiger partial charge in [-0.2, -0.15) is 0 Å². The summed E-state index contributed by atoms with van der Waals surface area (Å²) in [6, 6.07) is 0.133. The zero-order chi connectivity index (χ0) is 12.1. The van der Waals surface area contributed by atoms with Crippen molar-refractivity contribution in [1.82, 2.24) is 10.3 Å². The van der Waals surface area contributed by atoms with Gasteiger partial charge >= 0.3 is 0 Å². The highest BCUT2D eigenvalue weighted by Gasteiger charge is 2.22. The fourth-order valence-corrected chi connectivity index (χ4v) is 1.75. The van der Waals surface area contributed by atoms with Crippen LogP contribution in [0, 0.1) is 0 Å². The fourth-order valence-electron chi connectivity index (χ4n) is 1.75. The van der Waals surface area contributed by atoms with Gasteiger partial charge in [-0.05, 0) is 19.9 Å². The maximum Gasteiger partial charge on any atom is 0.211 e. The smallest absolute Gasteiger partial charge is 0.211 e. The van der Waals surface area contributed by atoms with E-state index in [4.69, 9.17) is 13.9 Å². The van der Waals surface area contributed by atoms with Crippen molar-refractivity contribution in [1.29, 1.82) is 0 Å². The summed E-state index contributed by atoms with van der Waals surface area (Å²) >= 11 is 0. The predicted molar refractivity (Wildman–Crippen MR) is 62.7 cm³/mol. The molecule has 1 aliphatic rings. The summed E-state index contributed by atoms with van der Waals surface area (Å²) in [5, 5.41) is 3.34. The quantitative estimate of drug-likeness (QED) is 0.850. The summed E-state index contributed by atoms with van der Waals surface area (Å²) in [5.41, 5.74) is 0. The van der Waals surface area contributed by atoms with Crippen molar-refractivity contribution >= 4 is 0 Å². The lowest BCUT2D eigenvalue weighted by Crippen LogP contribution is -2.21. The van der Waals surface area contributed by atoms with E-state index in [1.54, 1.807) is 6.20 Å². The van der Waals surface area contributed by atoms with E-state index in [0.29, 0.717) is 25.7 Å². The minimum Gasteiger partial charge on any atom is -0.441 e. The Bertz CT molecular complexity index is 334. The van der Waals surface area contributed by atoms with Gasteiger partial charge in [0.15, 0.2) is 5.76 Å². The van der Waals surface area contributed by atoms with Crippen molar-refractivity contribution in [3.8, 4) is 0 Å². The highest BCUT2D eigenvalue weighted by Crippen LogP contribution is 2.23. The Morgan fingerprint density at radius 1 is 1.53 bits per heavy atom. The van der Waals surface area contributed by atoms with Gasteiger partial charge in [0.25, 0.3) is 0 Å². The third-order valence-electron chi connectivity index (χ3n) is 2.75. The maximum absolute atomic E-state index is 5.70. The number of aromatic nitrogens is 1. The van der Waals surface area contributed by atoms with Gasteiger partial charge in [0.05, 0.1) is 32.1 Å². The highest BCUT2D eigenvalue weighted by molar-refractivity contribution is 5.01. The normalized spacial score (nSPS) is 22.6. The Hall–Kier alpha value is -0.910. The molecule has 2 rings (SSSR count). The van der Waals surface area contributed by atoms with Crippen LogP contribution in [-0.2, 0) is 9.47 Å². The molecule has 17 heavy (non-hydrogen) atoms. The van der Waals surface area contributed by atoms with Gasteiger partial charge < -0.3 is 19.2 Å². The Morgan fingerprint density at radius 3 is 3.12 bits per heavy atom. The summed E-state index contributed by atoms with van der Waals surface area (Å²) in [6.45, 7) is 6.96. The van der Waals surface area contributed by atoms with Crippen LogP contribution < -0.4 is 5.32 Å². The molecule has 0 aromatic carbocycles. The van der Waals surface area contributed by atoms with Crippen molar-refractivity contribution in [2.45, 2.75) is 32.4 Å². The highest BCUT2D eigenvalue weighted by atomic mass is 16.6. The summed E-state index contributed by atoms with van der Waals surface area (Å²) in [7, 11) is 0. The van der Waals surface area contributed by atoms with Gasteiger partial charge in [-0.3, -0.25) is 0 Å². The number of oxazole rings is 1. The zero-order valence-electron chi connectivity index (χ0n) is 10.4. The molecular formula is C12H20N2O3. The average molecular weight is 240 g/mol. The van der Waals surface area contributed by atoms with E-state index in [2.05, 4.69) is 17.2 Å². The molecule has 5 heteroatoms. The first-order valence-corrected chi connectivity index (χ1v) is 6.19. The number of hydrogen-bond donors (Lipinski definition) is 1. The van der Waals surface area contributed by atoms with E-state index in [1.807, 2.05) is 6.92 Å². The summed E-state index contributed by atoms with van der Waals surface area (Å²) in [6.07, 6.45) is 2.72. The van der Waals surface area contributed by atoms with Crippen LogP contribution in [0.2, 0.25) is 0 Å². The predicted octanol–water partition coefficient (Wildman–Crippen LogP) is 1.82. The monoisotopic (exact) mass is 240 g/mol. The molecule has 0 bridgehead atoms. The molecule has 1 aliphatic heterocycles. The molecule has 0 amide bonds. The summed E-state index contributed by atoms with van der Waals surface area (Å²) in [5.74, 6) is 1.47. The van der Waals surface area contributed by atoms with Crippen LogP contribution in [0.1, 0.15) is 44.1 Å². The lowest BCUT2D eigenvalue weighted by molar-refractivity contribution is -0.0979. The van der Waals surface area contributed by atoms with Crippen molar-refractivity contribution < 1.29 is 13.9 Å². The van der Waals surface area contributed by atoms with Gasteiger partial charge in [0, 0.05) is 0 Å². The van der Waals surface area contributed by atoms with E-state index >= 15 is 0 Å². The number of nitrogens with one attached hydrogen (secondary N) is 1. The molecule has 0 saturated carbocycles. The molecular weight excluding hydrogens is 220 g/mol. The molecule has 1 saturated heterocycles. The van der Waals surface area contributed by atoms with Crippen molar-refractivity contribution in [3.05, 3.63) is 17.8 Å². The molecule has 2 atom stereocenters. The van der Waals surface area contributed by atoms with E-state index < -0.39 is 0 Å². The standard InChI is InChI=1S/C12H20N2O3/c1-3-4-13-9(2)12-14-7-10(17-12)11-8-15-5-6-16-11/h7,9,11,13H,3-6,8H2,1-2H3. The van der Waals surface area contributed by atoms with Gasteiger partial charge in [-0.25, -0.2) is 4.98 Å². The largest absolute Gasteiger partial charge is 0.441 e. The summed E-state index contributed by atoms with van der Waals surface area (Å²) < 4.78 is 16.6. The number of hydrogen-bond acceptors (Lipinski definition) is 5. The van der Waals surface area contributed by atoms with Crippen molar-refractivity contribution in [2.75, 3.05) is 26.4 Å². The van der Waals surface area contributed by atoms with Gasteiger partial charge in [0.2, 0.25) is 5.89 Å². The van der Waals surface area contributed by atoms with Crippen LogP contribution in [0.4, 0.5) is 0 Å². The van der Waals surface area contributed by atoms with Gasteiger partial charge in [-0.1, -0.05) is 6.92 Å². The lowest BCUT2D eigenvalue weighted by atomic mass is 10.3. The second-order valence-corrected chi connectivity index (χ2v) is 4.21. The van der Waals surface area contributed by atoms with Crippen LogP contribution in [0.15, 0.2) is 10.6 Å². The number of rotatable bonds is 5. The first kappa shape index (κ1) is 12.5. The molecule has 96 valence electrons. The molecule has 1 fully saturated rings. The first-order valence-electron chi connectivity index (χ1n) is 6.19. The molecule has 0 aliphatic carbocycles. The lowest BCUT2D eigenvalue weighted by Gasteiger charge is -2.20. The Kier molecular flexibility index (Phi) is 4.53. The molecule has 5 nitrogen and oxygen atoms in total. The fraction of sp³-hybridized carbons (Fsp3) is 0.750. The Morgan fingerprint density at radius 2 is 2.41 bits per heavy atom. The van der Waals surface area contributed by atoms with Crippen LogP contribution in [0.3, 0.4) is 0 Å². The second kappa shape index (κ2) is 6.14. The van der Waals surface area contributed by atoms with Gasteiger partial charge in [-0.15, -0.1) is 0 Å². The number of ether oxygens (including phenoxy) is 2. The molecule has 2 unspecified atom stereocenters. The van der Waals surface area contributed by atoms with Crippen LogP contribution >= 0.6 is 0 Å². The third kappa shape index (κ3) is 3.28. The van der Waals surface area contributed by atoms with Crippen molar-refractivity contribution in [2.24, 2.45) is 0 Å². The molecule has 2 heterocycles. The van der Waals surface area contributed by atoms with Gasteiger partial charge in [0.1, 0.15) is 6.10 Å². The molecule has 0 radical (unpaired) electrons. The Labute approximate surface area is 102 Å².